The monoisotopic (exact) mass is 527 g/mol. The van der Waals surface area contributed by atoms with E-state index in [2.05, 4.69) is 5.32 Å². The Morgan fingerprint density at radius 2 is 1.69 bits per heavy atom. The molecule has 0 bridgehead atoms. The number of carbonyl (C=O) groups excluding carboxylic acids is 2. The van der Waals surface area contributed by atoms with Crippen LogP contribution in [0.4, 0.5) is 0 Å². The van der Waals surface area contributed by atoms with E-state index in [-0.39, 0.29) is 18.4 Å². The maximum absolute atomic E-state index is 13.8. The zero-order valence-corrected chi connectivity index (χ0v) is 22.2. The summed E-state index contributed by atoms with van der Waals surface area (Å²) in [4.78, 5) is 28.9. The number of nitrogens with one attached hydrogen (secondary N) is 1. The molecule has 0 amide bonds. The van der Waals surface area contributed by atoms with E-state index in [1.165, 1.54) is 11.3 Å². The molecular formula is C27H29NO6S2. The van der Waals surface area contributed by atoms with Gasteiger partial charge < -0.3 is 18.9 Å². The number of carbonyl (C=O) groups is 2. The van der Waals surface area contributed by atoms with Crippen LogP contribution in [0, 0.1) is 5.92 Å². The molecule has 0 aliphatic carbocycles. The highest BCUT2D eigenvalue weighted by molar-refractivity contribution is 7.10. The second-order valence-electron chi connectivity index (χ2n) is 8.15. The lowest BCUT2D eigenvalue weighted by molar-refractivity contribution is -0.145. The van der Waals surface area contributed by atoms with Gasteiger partial charge in [0.2, 0.25) is 5.75 Å². The van der Waals surface area contributed by atoms with Gasteiger partial charge in [0.15, 0.2) is 17.3 Å². The first-order chi connectivity index (χ1) is 17.5. The molecule has 1 aliphatic rings. The molecule has 1 aliphatic heterocycles. The Balaban J connectivity index is 1.83. The average Bonchev–Trinajstić information content (AvgIpc) is 3.66. The van der Waals surface area contributed by atoms with Crippen molar-refractivity contribution in [2.45, 2.75) is 24.9 Å². The summed E-state index contributed by atoms with van der Waals surface area (Å²) in [6.07, 6.45) is 3.43. The van der Waals surface area contributed by atoms with Gasteiger partial charge in [-0.25, -0.2) is 0 Å². The van der Waals surface area contributed by atoms with Crippen LogP contribution in [0.2, 0.25) is 0 Å². The van der Waals surface area contributed by atoms with Gasteiger partial charge in [-0.15, -0.1) is 22.7 Å². The van der Waals surface area contributed by atoms with E-state index in [0.717, 1.165) is 15.3 Å². The molecule has 4 atom stereocenters. The van der Waals surface area contributed by atoms with Crippen molar-refractivity contribution in [3.05, 3.63) is 68.6 Å². The molecule has 190 valence electrons. The van der Waals surface area contributed by atoms with E-state index in [1.54, 1.807) is 45.7 Å². The first-order valence-corrected chi connectivity index (χ1v) is 13.3. The van der Waals surface area contributed by atoms with E-state index in [4.69, 9.17) is 18.9 Å². The first kappa shape index (κ1) is 25.9. The third kappa shape index (κ3) is 5.18. The smallest absolute Gasteiger partial charge is 0.323 e. The molecule has 1 aromatic carbocycles. The van der Waals surface area contributed by atoms with E-state index >= 15 is 0 Å². The van der Waals surface area contributed by atoms with Gasteiger partial charge in [-0.1, -0.05) is 12.1 Å². The third-order valence-electron chi connectivity index (χ3n) is 6.21. The van der Waals surface area contributed by atoms with Crippen molar-refractivity contribution in [3.63, 3.8) is 0 Å². The fourth-order valence-corrected chi connectivity index (χ4v) is 6.20. The second-order valence-corrected chi connectivity index (χ2v) is 10.1. The van der Waals surface area contributed by atoms with Crippen molar-refractivity contribution < 1.29 is 28.5 Å². The predicted octanol–water partition coefficient (Wildman–Crippen LogP) is 5.09. The van der Waals surface area contributed by atoms with Crippen molar-refractivity contribution in [1.29, 1.82) is 0 Å². The van der Waals surface area contributed by atoms with Crippen molar-refractivity contribution in [1.82, 2.24) is 5.32 Å². The van der Waals surface area contributed by atoms with Gasteiger partial charge >= 0.3 is 5.97 Å². The Kier molecular flexibility index (Phi) is 8.45. The fraction of sp³-hybridized carbons (Fsp3) is 0.333. The van der Waals surface area contributed by atoms with Gasteiger partial charge in [0, 0.05) is 21.7 Å². The lowest BCUT2D eigenvalue weighted by Crippen LogP contribution is -2.37. The number of ether oxygens (including phenoxy) is 4. The van der Waals surface area contributed by atoms with Crippen LogP contribution < -0.4 is 19.5 Å². The van der Waals surface area contributed by atoms with Crippen LogP contribution in [0.15, 0.2) is 53.2 Å². The summed E-state index contributed by atoms with van der Waals surface area (Å²) in [6, 6.07) is 10.2. The molecule has 3 aromatic rings. The molecular weight excluding hydrogens is 498 g/mol. The summed E-state index contributed by atoms with van der Waals surface area (Å²) in [6.45, 7) is 2.02. The number of hydrogen-bond donors (Lipinski definition) is 1. The summed E-state index contributed by atoms with van der Waals surface area (Å²) >= 11 is 3.08. The summed E-state index contributed by atoms with van der Waals surface area (Å²) < 4.78 is 22.0. The number of allylic oxidation sites excluding steroid dienone is 1. The lowest BCUT2D eigenvalue weighted by Gasteiger charge is -2.23. The van der Waals surface area contributed by atoms with Crippen LogP contribution in [0.5, 0.6) is 17.2 Å². The Morgan fingerprint density at radius 3 is 2.25 bits per heavy atom. The Bertz CT molecular complexity index is 1180. The molecule has 0 spiro atoms. The number of methoxy groups -OCH3 is 3. The summed E-state index contributed by atoms with van der Waals surface area (Å²) in [7, 11) is 4.63. The van der Waals surface area contributed by atoms with Gasteiger partial charge in [-0.2, -0.15) is 0 Å². The molecule has 9 heteroatoms. The fourth-order valence-electron chi connectivity index (χ4n) is 4.67. The number of ketones is 1. The molecule has 7 nitrogen and oxygen atoms in total. The highest BCUT2D eigenvalue weighted by atomic mass is 32.1. The topological polar surface area (TPSA) is 83.1 Å². The van der Waals surface area contributed by atoms with Crippen LogP contribution >= 0.6 is 22.7 Å². The number of rotatable bonds is 10. The molecule has 1 fully saturated rings. The first-order valence-electron chi connectivity index (χ1n) is 11.5. The Hall–Kier alpha value is -3.14. The minimum absolute atomic E-state index is 0.0835. The molecule has 36 heavy (non-hydrogen) atoms. The second kappa shape index (κ2) is 11.7. The lowest BCUT2D eigenvalue weighted by atomic mass is 9.80. The van der Waals surface area contributed by atoms with Gasteiger partial charge in [-0.3, -0.25) is 14.9 Å². The van der Waals surface area contributed by atoms with Gasteiger partial charge in [-0.05, 0) is 59.7 Å². The van der Waals surface area contributed by atoms with E-state index in [9.17, 15) is 9.59 Å². The summed E-state index contributed by atoms with van der Waals surface area (Å²) in [5.74, 6) is -0.0436. The van der Waals surface area contributed by atoms with Gasteiger partial charge in [0.1, 0.15) is 6.04 Å². The van der Waals surface area contributed by atoms with E-state index in [0.29, 0.717) is 17.2 Å². The van der Waals surface area contributed by atoms with E-state index in [1.807, 2.05) is 53.2 Å². The number of hydrogen-bond acceptors (Lipinski definition) is 9. The van der Waals surface area contributed by atoms with E-state index < -0.39 is 23.9 Å². The van der Waals surface area contributed by atoms with Gasteiger partial charge in [0.25, 0.3) is 0 Å². The molecule has 3 heterocycles. The molecule has 1 N–H and O–H groups in total. The highest BCUT2D eigenvalue weighted by Gasteiger charge is 2.51. The molecule has 2 aromatic heterocycles. The standard InChI is InChI=1S/C27H29NO6S2/c1-5-34-27(30)25-23(21-9-7-13-36-21)22(18(29)11-10-17-8-6-12-35-17)24(28-25)16-14-19(31-2)26(33-4)20(15-16)32-3/h6-15,22-25,28H,5H2,1-4H3/b11-10+/t22-,23-,24-,25-/m0/s1. The van der Waals surface area contributed by atoms with Crippen LogP contribution in [0.1, 0.15) is 34.2 Å². The Morgan fingerprint density at radius 1 is 1.00 bits per heavy atom. The molecule has 0 saturated carbocycles. The minimum atomic E-state index is -0.697. The number of thiophene rings is 2. The van der Waals surface area contributed by atoms with Crippen molar-refractivity contribution >= 4 is 40.5 Å². The van der Waals surface area contributed by atoms with Crippen molar-refractivity contribution in [2.75, 3.05) is 27.9 Å². The van der Waals surface area contributed by atoms with Crippen LogP contribution in [0.3, 0.4) is 0 Å². The third-order valence-corrected chi connectivity index (χ3v) is 8.02. The Labute approximate surface area is 218 Å². The number of benzene rings is 1. The normalized spacial score (nSPS) is 21.4. The molecule has 0 radical (unpaired) electrons. The zero-order chi connectivity index (χ0) is 25.7. The summed E-state index contributed by atoms with van der Waals surface area (Å²) in [5, 5.41) is 7.34. The number of esters is 1. The molecule has 4 rings (SSSR count). The highest BCUT2D eigenvalue weighted by Crippen LogP contribution is 2.49. The van der Waals surface area contributed by atoms with Crippen LogP contribution in [-0.4, -0.2) is 45.7 Å². The SMILES string of the molecule is CCOC(=O)[C@H]1N[C@@H](c2cc(OC)c(OC)c(OC)c2)[C@@H](C(=O)/C=C/c2cccs2)[C@@H]1c1cccs1. The maximum atomic E-state index is 13.8. The maximum Gasteiger partial charge on any atom is 0.323 e. The molecule has 0 unspecified atom stereocenters. The molecule has 1 saturated heterocycles. The van der Waals surface area contributed by atoms with Crippen LogP contribution in [0.25, 0.3) is 6.08 Å². The summed E-state index contributed by atoms with van der Waals surface area (Å²) in [5.41, 5.74) is 0.751. The minimum Gasteiger partial charge on any atom is -0.493 e. The zero-order valence-electron chi connectivity index (χ0n) is 20.6. The van der Waals surface area contributed by atoms with Crippen molar-refractivity contribution in [3.8, 4) is 17.2 Å². The van der Waals surface area contributed by atoms with Gasteiger partial charge in [0.05, 0.1) is 33.9 Å². The average molecular weight is 528 g/mol. The van der Waals surface area contributed by atoms with Crippen LogP contribution in [-0.2, 0) is 14.3 Å². The quantitative estimate of drug-likeness (QED) is 0.290. The largest absolute Gasteiger partial charge is 0.493 e. The van der Waals surface area contributed by atoms with Crippen molar-refractivity contribution in [2.24, 2.45) is 5.92 Å². The predicted molar refractivity (Wildman–Crippen MR) is 141 cm³/mol.